The molecule has 1 aromatic heterocycles. The van der Waals surface area contributed by atoms with Gasteiger partial charge in [0.05, 0.1) is 11.5 Å². The number of rotatable bonds is 10. The predicted octanol–water partition coefficient (Wildman–Crippen LogP) is 2.27. The summed E-state index contributed by atoms with van der Waals surface area (Å²) in [6.07, 6.45) is -0.0771. The fraction of sp³-hybridized carbons (Fsp3) is 0.444. The van der Waals surface area contributed by atoms with E-state index in [4.69, 9.17) is 16.0 Å². The maximum Gasteiger partial charge on any atom is 0.277 e. The second kappa shape index (κ2) is 11.6. The number of Topliss-reactive ketones (excluding diaryl/α,β-unsaturated/α-hetero) is 1. The van der Waals surface area contributed by atoms with Crippen LogP contribution in [0.1, 0.15) is 30.1 Å². The van der Waals surface area contributed by atoms with Gasteiger partial charge in [0.1, 0.15) is 11.8 Å². The average Bonchev–Trinajstić information content (AvgIpc) is 3.19. The summed E-state index contributed by atoms with van der Waals surface area (Å²) >= 11 is 8.65. The second-order valence-corrected chi connectivity index (χ2v) is 8.60. The smallest absolute Gasteiger partial charge is 0.277 e. The molecule has 0 bridgehead atoms. The van der Waals surface area contributed by atoms with Crippen LogP contribution in [0, 0.1) is 0 Å². The first-order chi connectivity index (χ1) is 14.6. The number of guanidine groups is 1. The van der Waals surface area contributed by atoms with E-state index in [0.29, 0.717) is 34.0 Å². The molecule has 30 heavy (non-hydrogen) atoms. The van der Waals surface area contributed by atoms with Gasteiger partial charge in [-0.15, -0.1) is 22.0 Å². The highest BCUT2D eigenvalue weighted by Gasteiger charge is 2.23. The summed E-state index contributed by atoms with van der Waals surface area (Å²) in [5.74, 6) is 1.95. The fourth-order valence-electron chi connectivity index (χ4n) is 2.55. The molecule has 0 saturated carbocycles. The molecule has 12 heteroatoms. The van der Waals surface area contributed by atoms with Gasteiger partial charge in [0, 0.05) is 17.1 Å². The van der Waals surface area contributed by atoms with Crippen molar-refractivity contribution in [2.45, 2.75) is 36.6 Å². The van der Waals surface area contributed by atoms with Gasteiger partial charge in [-0.05, 0) is 37.7 Å². The van der Waals surface area contributed by atoms with E-state index in [1.54, 1.807) is 36.0 Å². The third-order valence-corrected chi connectivity index (χ3v) is 5.98. The molecule has 4 N–H and O–H groups in total. The number of benzene rings is 1. The second-order valence-electron chi connectivity index (χ2n) is 6.14. The highest BCUT2D eigenvalue weighted by Crippen LogP contribution is 2.21. The number of hydrogen-bond donors (Lipinski definition) is 4. The van der Waals surface area contributed by atoms with E-state index in [1.807, 2.05) is 13.8 Å². The Hall–Kier alpha value is -1.79. The van der Waals surface area contributed by atoms with Crippen molar-refractivity contribution >= 4 is 46.9 Å². The number of carbonyl (C=O) groups excluding carboxylic acids is 1. The first-order valence-corrected chi connectivity index (χ1v) is 11.9. The Morgan fingerprint density at radius 1 is 1.27 bits per heavy atom. The van der Waals surface area contributed by atoms with Crippen molar-refractivity contribution < 1.29 is 9.21 Å². The molecule has 0 aliphatic carbocycles. The molecular formula is C18H24ClN7O2S2. The summed E-state index contributed by atoms with van der Waals surface area (Å²) in [5.41, 5.74) is 0.528. The molecule has 3 rings (SSSR count). The number of aliphatic imine (C=N–C) groups is 1. The lowest BCUT2D eigenvalue weighted by molar-refractivity contribution is 0.102. The molecule has 2 atom stereocenters. The van der Waals surface area contributed by atoms with E-state index in [2.05, 4.69) is 36.5 Å². The molecular weight excluding hydrogens is 446 g/mol. The molecule has 2 unspecified atom stereocenters. The van der Waals surface area contributed by atoms with Gasteiger partial charge in [-0.25, -0.2) is 0 Å². The number of ketones is 1. The zero-order valence-corrected chi connectivity index (χ0v) is 19.0. The molecule has 1 fully saturated rings. The van der Waals surface area contributed by atoms with Crippen molar-refractivity contribution in [3.63, 3.8) is 0 Å². The van der Waals surface area contributed by atoms with Gasteiger partial charge in [0.2, 0.25) is 5.89 Å². The van der Waals surface area contributed by atoms with Crippen LogP contribution in [0.2, 0.25) is 5.02 Å². The Bertz CT molecular complexity index is 862. The minimum absolute atomic E-state index is 0.0221. The predicted molar refractivity (Wildman–Crippen MR) is 121 cm³/mol. The van der Waals surface area contributed by atoms with Crippen molar-refractivity contribution in [1.82, 2.24) is 31.5 Å². The maximum absolute atomic E-state index is 12.2. The molecule has 1 saturated heterocycles. The third kappa shape index (κ3) is 6.88. The summed E-state index contributed by atoms with van der Waals surface area (Å²) in [6.45, 7) is 5.53. The first-order valence-electron chi connectivity index (χ1n) is 9.50. The van der Waals surface area contributed by atoms with Gasteiger partial charge in [0.25, 0.3) is 5.22 Å². The van der Waals surface area contributed by atoms with E-state index in [-0.39, 0.29) is 23.3 Å². The normalized spacial score (nSPS) is 20.0. The number of carbonyl (C=O) groups is 1. The quantitative estimate of drug-likeness (QED) is 0.305. The van der Waals surface area contributed by atoms with Gasteiger partial charge >= 0.3 is 0 Å². The molecule has 1 aliphatic rings. The lowest BCUT2D eigenvalue weighted by Gasteiger charge is -2.34. The monoisotopic (exact) mass is 469 g/mol. The van der Waals surface area contributed by atoms with Crippen LogP contribution >= 0.6 is 35.1 Å². The van der Waals surface area contributed by atoms with Gasteiger partial charge in [-0.1, -0.05) is 30.3 Å². The van der Waals surface area contributed by atoms with Crippen molar-refractivity contribution in [3.8, 4) is 0 Å². The molecule has 2 aromatic rings. The van der Waals surface area contributed by atoms with Crippen LogP contribution in [0.15, 0.2) is 38.9 Å². The van der Waals surface area contributed by atoms with Crippen LogP contribution in [0.25, 0.3) is 0 Å². The Balaban J connectivity index is 1.48. The number of aromatic nitrogens is 2. The largest absolute Gasteiger partial charge is 0.415 e. The summed E-state index contributed by atoms with van der Waals surface area (Å²) in [4.78, 5) is 16.6. The standard InChI is InChI=1S/C18H24ClN7O2S2/c1-3-20-15-22-16(21-4-2)24-17(23-15)29-10-14-25-26-18(28-14)30-9-13(27)11-5-7-12(19)8-6-11/h5-8,15,17,20,23H,3-4,9-10H2,1-2H3,(H2,21,22,24). The van der Waals surface area contributed by atoms with Crippen molar-refractivity contribution in [3.05, 3.63) is 40.7 Å². The summed E-state index contributed by atoms with van der Waals surface area (Å²) in [5, 5.41) is 22.3. The van der Waals surface area contributed by atoms with Crippen molar-refractivity contribution in [1.29, 1.82) is 0 Å². The Morgan fingerprint density at radius 3 is 2.80 bits per heavy atom. The van der Waals surface area contributed by atoms with E-state index in [0.717, 1.165) is 12.5 Å². The number of hydrogen-bond acceptors (Lipinski definition) is 9. The zero-order valence-electron chi connectivity index (χ0n) is 16.6. The average molecular weight is 470 g/mol. The fourth-order valence-corrected chi connectivity index (χ4v) is 4.20. The summed E-state index contributed by atoms with van der Waals surface area (Å²) < 4.78 is 5.66. The Morgan fingerprint density at radius 2 is 2.07 bits per heavy atom. The van der Waals surface area contributed by atoms with Gasteiger partial charge in [-0.2, -0.15) is 0 Å². The third-order valence-electron chi connectivity index (χ3n) is 3.91. The van der Waals surface area contributed by atoms with Crippen LogP contribution in [-0.2, 0) is 5.75 Å². The van der Waals surface area contributed by atoms with Crippen LogP contribution in [0.3, 0.4) is 0 Å². The van der Waals surface area contributed by atoms with E-state index < -0.39 is 0 Å². The molecule has 0 radical (unpaired) electrons. The van der Waals surface area contributed by atoms with Crippen LogP contribution in [0.5, 0.6) is 0 Å². The first kappa shape index (κ1) is 22.9. The van der Waals surface area contributed by atoms with Crippen molar-refractivity contribution in [2.24, 2.45) is 4.99 Å². The van der Waals surface area contributed by atoms with Crippen LogP contribution in [-0.4, -0.2) is 52.6 Å². The topological polar surface area (TPSA) is 116 Å². The highest BCUT2D eigenvalue weighted by molar-refractivity contribution is 7.99. The number of thioether (sulfide) groups is 2. The van der Waals surface area contributed by atoms with Crippen LogP contribution < -0.4 is 21.3 Å². The van der Waals surface area contributed by atoms with Crippen LogP contribution in [0.4, 0.5) is 0 Å². The Labute approximate surface area is 188 Å². The number of halogens is 1. The molecule has 162 valence electrons. The number of nitrogens with zero attached hydrogens (tertiary/aromatic N) is 3. The minimum atomic E-state index is -0.0771. The molecule has 2 heterocycles. The number of nitrogens with one attached hydrogen (secondary N) is 4. The molecule has 9 nitrogen and oxygen atoms in total. The molecule has 0 spiro atoms. The summed E-state index contributed by atoms with van der Waals surface area (Å²) in [6, 6.07) is 6.80. The minimum Gasteiger partial charge on any atom is -0.415 e. The SMILES string of the molecule is CCN=C1NC(NCC)NC(SCc2nnc(SCC(=O)c3ccc(Cl)cc3)o2)N1. The van der Waals surface area contributed by atoms with Gasteiger partial charge in [0.15, 0.2) is 11.7 Å². The van der Waals surface area contributed by atoms with Crippen molar-refractivity contribution in [2.75, 3.05) is 18.8 Å². The van der Waals surface area contributed by atoms with E-state index in [1.165, 1.54) is 11.8 Å². The van der Waals surface area contributed by atoms with Gasteiger partial charge in [-0.3, -0.25) is 20.4 Å². The lowest BCUT2D eigenvalue weighted by atomic mass is 10.1. The Kier molecular flexibility index (Phi) is 8.82. The zero-order chi connectivity index (χ0) is 21.3. The van der Waals surface area contributed by atoms with E-state index >= 15 is 0 Å². The summed E-state index contributed by atoms with van der Waals surface area (Å²) in [7, 11) is 0. The van der Waals surface area contributed by atoms with E-state index in [9.17, 15) is 4.79 Å². The molecule has 1 aromatic carbocycles. The molecule has 1 aliphatic heterocycles. The maximum atomic E-state index is 12.2. The van der Waals surface area contributed by atoms with Gasteiger partial charge < -0.3 is 15.1 Å². The highest BCUT2D eigenvalue weighted by atomic mass is 35.5. The lowest BCUT2D eigenvalue weighted by Crippen LogP contribution is -2.68. The molecule has 0 amide bonds.